The maximum atomic E-state index is 11.8. The first-order valence-electron chi connectivity index (χ1n) is 6.67. The van der Waals surface area contributed by atoms with Gasteiger partial charge in [-0.15, -0.1) is 0 Å². The van der Waals surface area contributed by atoms with Crippen molar-refractivity contribution in [3.63, 3.8) is 0 Å². The van der Waals surface area contributed by atoms with Gasteiger partial charge in [0.1, 0.15) is 5.75 Å². The Labute approximate surface area is 129 Å². The second-order valence-corrected chi connectivity index (χ2v) is 4.53. The normalized spacial score (nSPS) is 9.68. The van der Waals surface area contributed by atoms with Gasteiger partial charge < -0.3 is 9.47 Å². The molecule has 0 aliphatic rings. The molecule has 0 spiro atoms. The Morgan fingerprint density at radius 3 is 2.41 bits per heavy atom. The van der Waals surface area contributed by atoms with Crippen LogP contribution in [-0.4, -0.2) is 20.2 Å². The van der Waals surface area contributed by atoms with Crippen molar-refractivity contribution in [3.8, 4) is 11.9 Å². The lowest BCUT2D eigenvalue weighted by Crippen LogP contribution is -2.18. The highest BCUT2D eigenvalue weighted by atomic mass is 16.5. The van der Waals surface area contributed by atoms with Gasteiger partial charge in [0.05, 0.1) is 32.0 Å². The first-order valence-corrected chi connectivity index (χ1v) is 6.67. The lowest BCUT2D eigenvalue weighted by Gasteiger charge is -2.17. The lowest BCUT2D eigenvalue weighted by atomic mass is 10.1. The van der Waals surface area contributed by atoms with Gasteiger partial charge in [0, 0.05) is 0 Å². The molecule has 0 aliphatic heterocycles. The van der Waals surface area contributed by atoms with Crippen LogP contribution in [0.1, 0.15) is 15.9 Å². The Kier molecular flexibility index (Phi) is 4.99. The van der Waals surface area contributed by atoms with Crippen molar-refractivity contribution >= 4 is 11.7 Å². The van der Waals surface area contributed by atoms with Crippen molar-refractivity contribution < 1.29 is 14.3 Å². The first kappa shape index (κ1) is 15.4. The monoisotopic (exact) mass is 296 g/mol. The number of carbonyl (C=O) groups is 1. The standard InChI is InChI=1S/C17H16N2O3/c1-21-15-9-7-14(8-10-15)19(12-18)11-13-5-3-4-6-16(13)17(20)22-2/h3-10H,11H2,1-2H3. The summed E-state index contributed by atoms with van der Waals surface area (Å²) in [6.07, 6.45) is 2.13. The number of carbonyl (C=O) groups excluding carboxylic acids is 1. The van der Waals surface area contributed by atoms with E-state index in [1.54, 1.807) is 49.6 Å². The molecule has 2 rings (SSSR count). The van der Waals surface area contributed by atoms with Gasteiger partial charge in [-0.2, -0.15) is 5.26 Å². The van der Waals surface area contributed by atoms with Crippen LogP contribution in [-0.2, 0) is 11.3 Å². The molecule has 0 saturated heterocycles. The molecular formula is C17H16N2O3. The Morgan fingerprint density at radius 2 is 1.82 bits per heavy atom. The smallest absolute Gasteiger partial charge is 0.338 e. The Morgan fingerprint density at radius 1 is 1.14 bits per heavy atom. The second kappa shape index (κ2) is 7.14. The number of rotatable bonds is 5. The van der Waals surface area contributed by atoms with Gasteiger partial charge in [0.15, 0.2) is 6.19 Å². The van der Waals surface area contributed by atoms with E-state index in [1.165, 1.54) is 12.0 Å². The van der Waals surface area contributed by atoms with Gasteiger partial charge in [-0.1, -0.05) is 18.2 Å². The van der Waals surface area contributed by atoms with Crippen LogP contribution in [0.15, 0.2) is 48.5 Å². The summed E-state index contributed by atoms with van der Waals surface area (Å²) in [7, 11) is 2.92. The van der Waals surface area contributed by atoms with Crippen LogP contribution in [0.2, 0.25) is 0 Å². The molecule has 0 atom stereocenters. The molecular weight excluding hydrogens is 280 g/mol. The topological polar surface area (TPSA) is 62.6 Å². The first-order chi connectivity index (χ1) is 10.7. The number of nitrogens with zero attached hydrogens (tertiary/aromatic N) is 2. The van der Waals surface area contributed by atoms with Crippen molar-refractivity contribution in [3.05, 3.63) is 59.7 Å². The average Bonchev–Trinajstić information content (AvgIpc) is 2.59. The van der Waals surface area contributed by atoms with E-state index in [9.17, 15) is 10.1 Å². The molecule has 22 heavy (non-hydrogen) atoms. The van der Waals surface area contributed by atoms with Crippen molar-refractivity contribution in [2.75, 3.05) is 19.1 Å². The predicted molar refractivity (Wildman–Crippen MR) is 82.6 cm³/mol. The summed E-state index contributed by atoms with van der Waals surface area (Å²) in [5.74, 6) is 0.305. The summed E-state index contributed by atoms with van der Waals surface area (Å²) in [4.78, 5) is 13.3. The minimum Gasteiger partial charge on any atom is -0.497 e. The Balaban J connectivity index is 2.27. The molecule has 0 aliphatic carbocycles. The molecule has 5 nitrogen and oxygen atoms in total. The highest BCUT2D eigenvalue weighted by Gasteiger charge is 2.14. The summed E-state index contributed by atoms with van der Waals surface area (Å²) in [5, 5.41) is 9.38. The molecule has 5 heteroatoms. The molecule has 2 aromatic rings. The van der Waals surface area contributed by atoms with E-state index in [1.807, 2.05) is 6.07 Å². The third-order valence-corrected chi connectivity index (χ3v) is 3.26. The van der Waals surface area contributed by atoms with E-state index in [4.69, 9.17) is 9.47 Å². The van der Waals surface area contributed by atoms with E-state index in [-0.39, 0.29) is 6.54 Å². The number of hydrogen-bond donors (Lipinski definition) is 0. The number of anilines is 1. The number of benzene rings is 2. The molecule has 0 bridgehead atoms. The molecule has 0 heterocycles. The SMILES string of the molecule is COC(=O)c1ccccc1CN(C#N)c1ccc(OC)cc1. The predicted octanol–water partition coefficient (Wildman–Crippen LogP) is 2.97. The zero-order valence-electron chi connectivity index (χ0n) is 12.4. The highest BCUT2D eigenvalue weighted by molar-refractivity contribution is 5.91. The molecule has 0 amide bonds. The van der Waals surface area contributed by atoms with Crippen LogP contribution < -0.4 is 9.64 Å². The zero-order valence-corrected chi connectivity index (χ0v) is 12.4. The van der Waals surface area contributed by atoms with E-state index < -0.39 is 5.97 Å². The summed E-state index contributed by atoms with van der Waals surface area (Å²) in [5.41, 5.74) is 1.91. The molecule has 2 aromatic carbocycles. The molecule has 0 fully saturated rings. The quantitative estimate of drug-likeness (QED) is 0.482. The van der Waals surface area contributed by atoms with Crippen molar-refractivity contribution in [2.45, 2.75) is 6.54 Å². The number of methoxy groups -OCH3 is 2. The largest absolute Gasteiger partial charge is 0.497 e. The van der Waals surface area contributed by atoms with Gasteiger partial charge in [-0.25, -0.2) is 4.79 Å². The number of nitriles is 1. The Hall–Kier alpha value is -3.00. The van der Waals surface area contributed by atoms with Gasteiger partial charge in [0.25, 0.3) is 0 Å². The van der Waals surface area contributed by atoms with Crippen LogP contribution in [0.3, 0.4) is 0 Å². The second-order valence-electron chi connectivity index (χ2n) is 4.53. The highest BCUT2D eigenvalue weighted by Crippen LogP contribution is 2.22. The fourth-order valence-electron chi connectivity index (χ4n) is 2.08. The van der Waals surface area contributed by atoms with Crippen LogP contribution in [0, 0.1) is 11.5 Å². The van der Waals surface area contributed by atoms with E-state index in [0.717, 1.165) is 17.0 Å². The summed E-state index contributed by atoms with van der Waals surface area (Å²) >= 11 is 0. The zero-order chi connectivity index (χ0) is 15.9. The van der Waals surface area contributed by atoms with E-state index in [0.29, 0.717) is 5.56 Å². The average molecular weight is 296 g/mol. The lowest BCUT2D eigenvalue weighted by molar-refractivity contribution is 0.0599. The molecule has 0 N–H and O–H groups in total. The van der Waals surface area contributed by atoms with Gasteiger partial charge in [-0.05, 0) is 35.9 Å². The van der Waals surface area contributed by atoms with Crippen LogP contribution >= 0.6 is 0 Å². The third kappa shape index (κ3) is 3.36. The molecule has 0 saturated carbocycles. The minimum atomic E-state index is -0.414. The van der Waals surface area contributed by atoms with Crippen molar-refractivity contribution in [1.29, 1.82) is 5.26 Å². The van der Waals surface area contributed by atoms with Crippen LogP contribution in [0.25, 0.3) is 0 Å². The Bertz CT molecular complexity index is 690. The summed E-state index contributed by atoms with van der Waals surface area (Å²) in [6.45, 7) is 0.286. The summed E-state index contributed by atoms with van der Waals surface area (Å²) in [6, 6.07) is 14.2. The minimum absolute atomic E-state index is 0.286. The maximum Gasteiger partial charge on any atom is 0.338 e. The van der Waals surface area contributed by atoms with Crippen molar-refractivity contribution in [1.82, 2.24) is 0 Å². The fourth-order valence-corrected chi connectivity index (χ4v) is 2.08. The fraction of sp³-hybridized carbons (Fsp3) is 0.176. The number of esters is 1. The molecule has 112 valence electrons. The molecule has 0 unspecified atom stereocenters. The van der Waals surface area contributed by atoms with Crippen LogP contribution in [0.4, 0.5) is 5.69 Å². The van der Waals surface area contributed by atoms with E-state index >= 15 is 0 Å². The van der Waals surface area contributed by atoms with Crippen LogP contribution in [0.5, 0.6) is 5.75 Å². The number of hydrogen-bond acceptors (Lipinski definition) is 5. The molecule has 0 radical (unpaired) electrons. The van der Waals surface area contributed by atoms with Crippen molar-refractivity contribution in [2.24, 2.45) is 0 Å². The molecule has 0 aromatic heterocycles. The van der Waals surface area contributed by atoms with E-state index in [2.05, 4.69) is 6.19 Å². The number of ether oxygens (including phenoxy) is 2. The van der Waals surface area contributed by atoms with Gasteiger partial charge >= 0.3 is 5.97 Å². The summed E-state index contributed by atoms with van der Waals surface area (Å²) < 4.78 is 9.87. The third-order valence-electron chi connectivity index (χ3n) is 3.26. The van der Waals surface area contributed by atoms with Gasteiger partial charge in [0.2, 0.25) is 0 Å². The van der Waals surface area contributed by atoms with Gasteiger partial charge in [-0.3, -0.25) is 4.90 Å². The maximum absolute atomic E-state index is 11.8.